The molecule has 2 aromatic heterocycles. The van der Waals surface area contributed by atoms with Crippen LogP contribution in [0.4, 0.5) is 4.79 Å². The molecule has 6 heteroatoms. The van der Waals surface area contributed by atoms with Gasteiger partial charge in [0.2, 0.25) is 0 Å². The van der Waals surface area contributed by atoms with Gasteiger partial charge in [-0.3, -0.25) is 4.68 Å². The van der Waals surface area contributed by atoms with Crippen molar-refractivity contribution < 1.29 is 4.79 Å². The molecule has 0 spiro atoms. The first kappa shape index (κ1) is 15.7. The number of aromatic amines is 1. The Kier molecular flexibility index (Phi) is 4.17. The molecule has 6 nitrogen and oxygen atoms in total. The van der Waals surface area contributed by atoms with Crippen LogP contribution < -0.4 is 10.6 Å². The van der Waals surface area contributed by atoms with Crippen LogP contribution in [0, 0.1) is 6.92 Å². The molecule has 1 atom stereocenters. The number of aromatic nitrogens is 3. The Balaban J connectivity index is 1.33. The fourth-order valence-corrected chi connectivity index (χ4v) is 3.58. The number of nitrogens with one attached hydrogen (secondary N) is 3. The largest absolute Gasteiger partial charge is 0.361 e. The molecule has 130 valence electrons. The van der Waals surface area contributed by atoms with Gasteiger partial charge >= 0.3 is 6.03 Å². The van der Waals surface area contributed by atoms with Crippen LogP contribution in [0.5, 0.6) is 0 Å². The average molecular weight is 337 g/mol. The molecule has 1 aliphatic rings. The minimum atomic E-state index is -0.115. The minimum absolute atomic E-state index is 0.0481. The van der Waals surface area contributed by atoms with E-state index in [0.29, 0.717) is 6.54 Å². The Morgan fingerprint density at radius 2 is 2.32 bits per heavy atom. The molecule has 3 aromatic rings. The fourth-order valence-electron chi connectivity index (χ4n) is 3.58. The lowest BCUT2D eigenvalue weighted by Crippen LogP contribution is -2.40. The number of H-pyrrole nitrogens is 1. The van der Waals surface area contributed by atoms with Gasteiger partial charge in [-0.05, 0) is 49.9 Å². The summed E-state index contributed by atoms with van der Waals surface area (Å²) in [6.07, 6.45) is 6.63. The van der Waals surface area contributed by atoms with Gasteiger partial charge in [-0.2, -0.15) is 5.10 Å². The van der Waals surface area contributed by atoms with Crippen LogP contribution in [-0.4, -0.2) is 27.3 Å². The molecule has 0 radical (unpaired) electrons. The number of hydrogen-bond donors (Lipinski definition) is 3. The van der Waals surface area contributed by atoms with E-state index in [0.717, 1.165) is 37.0 Å². The lowest BCUT2D eigenvalue weighted by Gasteiger charge is -2.24. The first-order chi connectivity index (χ1) is 12.2. The van der Waals surface area contributed by atoms with E-state index in [1.165, 1.54) is 16.5 Å². The first-order valence-corrected chi connectivity index (χ1v) is 8.83. The highest BCUT2D eigenvalue weighted by atomic mass is 16.2. The third-order valence-corrected chi connectivity index (χ3v) is 4.88. The number of amides is 2. The van der Waals surface area contributed by atoms with Crippen molar-refractivity contribution in [2.75, 3.05) is 6.54 Å². The molecule has 0 fully saturated rings. The van der Waals surface area contributed by atoms with Crippen molar-refractivity contribution in [3.8, 4) is 0 Å². The van der Waals surface area contributed by atoms with E-state index >= 15 is 0 Å². The quantitative estimate of drug-likeness (QED) is 0.684. The van der Waals surface area contributed by atoms with Gasteiger partial charge in [-0.1, -0.05) is 11.6 Å². The third kappa shape index (κ3) is 3.24. The van der Waals surface area contributed by atoms with Crippen LogP contribution in [0.3, 0.4) is 0 Å². The molecular formula is C19H23N5O. The Labute approximate surface area is 146 Å². The highest BCUT2D eigenvalue weighted by Crippen LogP contribution is 2.23. The monoisotopic (exact) mass is 337 g/mol. The van der Waals surface area contributed by atoms with Gasteiger partial charge in [-0.25, -0.2) is 4.79 Å². The van der Waals surface area contributed by atoms with E-state index in [1.807, 2.05) is 16.9 Å². The molecule has 0 bridgehead atoms. The molecule has 0 saturated carbocycles. The van der Waals surface area contributed by atoms with Crippen molar-refractivity contribution in [2.45, 2.75) is 38.8 Å². The number of rotatable bonds is 4. The number of nitrogens with zero attached hydrogens (tertiary/aromatic N) is 2. The number of benzene rings is 1. The predicted molar refractivity (Wildman–Crippen MR) is 97.5 cm³/mol. The van der Waals surface area contributed by atoms with Gasteiger partial charge in [0, 0.05) is 36.4 Å². The molecule has 1 unspecified atom stereocenters. The third-order valence-electron chi connectivity index (χ3n) is 4.88. The summed E-state index contributed by atoms with van der Waals surface area (Å²) < 4.78 is 1.97. The zero-order valence-corrected chi connectivity index (χ0v) is 14.4. The maximum atomic E-state index is 12.2. The second-order valence-corrected chi connectivity index (χ2v) is 6.69. The smallest absolute Gasteiger partial charge is 0.315 e. The molecule has 3 heterocycles. The average Bonchev–Trinajstić information content (AvgIpc) is 3.22. The second kappa shape index (κ2) is 6.63. The molecule has 4 rings (SSSR count). The SMILES string of the molecule is Cc1ccc2[nH]cc(CCNC(=O)NC3CCCn4nccc43)c2c1. The maximum Gasteiger partial charge on any atom is 0.315 e. The highest BCUT2D eigenvalue weighted by molar-refractivity contribution is 5.84. The van der Waals surface area contributed by atoms with Gasteiger partial charge in [-0.15, -0.1) is 0 Å². The summed E-state index contributed by atoms with van der Waals surface area (Å²) in [4.78, 5) is 15.5. The van der Waals surface area contributed by atoms with Crippen molar-refractivity contribution in [1.82, 2.24) is 25.4 Å². The normalized spacial score (nSPS) is 16.6. The van der Waals surface area contributed by atoms with Crippen molar-refractivity contribution in [2.24, 2.45) is 0 Å². The van der Waals surface area contributed by atoms with Gasteiger partial charge < -0.3 is 15.6 Å². The molecule has 25 heavy (non-hydrogen) atoms. The van der Waals surface area contributed by atoms with E-state index in [9.17, 15) is 4.79 Å². The number of hydrogen-bond acceptors (Lipinski definition) is 2. The Bertz CT molecular complexity index is 894. The van der Waals surface area contributed by atoms with Crippen molar-refractivity contribution in [3.63, 3.8) is 0 Å². The van der Waals surface area contributed by atoms with Crippen LogP contribution >= 0.6 is 0 Å². The van der Waals surface area contributed by atoms with E-state index in [-0.39, 0.29) is 12.1 Å². The lowest BCUT2D eigenvalue weighted by molar-refractivity contribution is 0.233. The standard InChI is InChI=1S/C19H23N5O/c1-13-4-5-16-15(11-13)14(12-21-16)6-8-20-19(25)23-17-3-2-10-24-18(17)7-9-22-24/h4-5,7,9,11-12,17,21H,2-3,6,8,10H2,1H3,(H2,20,23,25). The zero-order chi connectivity index (χ0) is 17.2. The van der Waals surface area contributed by atoms with Crippen LogP contribution in [-0.2, 0) is 13.0 Å². The molecule has 1 aromatic carbocycles. The first-order valence-electron chi connectivity index (χ1n) is 8.83. The molecule has 1 aliphatic heterocycles. The molecule has 0 saturated heterocycles. The van der Waals surface area contributed by atoms with Crippen molar-refractivity contribution >= 4 is 16.9 Å². The summed E-state index contributed by atoms with van der Waals surface area (Å²) in [6, 6.07) is 8.30. The lowest BCUT2D eigenvalue weighted by atomic mass is 10.0. The van der Waals surface area contributed by atoms with Gasteiger partial charge in [0.1, 0.15) is 0 Å². The molecular weight excluding hydrogens is 314 g/mol. The Hall–Kier alpha value is -2.76. The van der Waals surface area contributed by atoms with Crippen molar-refractivity contribution in [1.29, 1.82) is 0 Å². The van der Waals surface area contributed by atoms with Gasteiger partial charge in [0.25, 0.3) is 0 Å². The number of aryl methyl sites for hydroxylation is 2. The van der Waals surface area contributed by atoms with E-state index in [4.69, 9.17) is 0 Å². The topological polar surface area (TPSA) is 74.7 Å². The minimum Gasteiger partial charge on any atom is -0.361 e. The van der Waals surface area contributed by atoms with E-state index < -0.39 is 0 Å². The second-order valence-electron chi connectivity index (χ2n) is 6.69. The number of fused-ring (bicyclic) bond motifs is 2. The van der Waals surface area contributed by atoms with E-state index in [2.05, 4.69) is 45.8 Å². The summed E-state index contributed by atoms with van der Waals surface area (Å²) in [6.45, 7) is 3.64. The number of urea groups is 1. The van der Waals surface area contributed by atoms with Crippen molar-refractivity contribution in [3.05, 3.63) is 53.5 Å². The van der Waals surface area contributed by atoms with Crippen LogP contribution in [0.25, 0.3) is 10.9 Å². The molecule has 0 aliphatic carbocycles. The Morgan fingerprint density at radius 3 is 3.24 bits per heavy atom. The van der Waals surface area contributed by atoms with E-state index in [1.54, 1.807) is 6.20 Å². The Morgan fingerprint density at radius 1 is 1.40 bits per heavy atom. The summed E-state index contributed by atoms with van der Waals surface area (Å²) in [5, 5.41) is 11.6. The summed E-state index contributed by atoms with van der Waals surface area (Å²) in [5.41, 5.74) is 4.71. The summed E-state index contributed by atoms with van der Waals surface area (Å²) >= 11 is 0. The van der Waals surface area contributed by atoms with Crippen LogP contribution in [0.1, 0.15) is 35.7 Å². The maximum absolute atomic E-state index is 12.2. The van der Waals surface area contributed by atoms with Gasteiger partial charge in [0.05, 0.1) is 11.7 Å². The fraction of sp³-hybridized carbons (Fsp3) is 0.368. The van der Waals surface area contributed by atoms with Gasteiger partial charge in [0.15, 0.2) is 0 Å². The molecule has 3 N–H and O–H groups in total. The summed E-state index contributed by atoms with van der Waals surface area (Å²) in [5.74, 6) is 0. The number of carbonyl (C=O) groups excluding carboxylic acids is 1. The van der Waals surface area contributed by atoms with Crippen LogP contribution in [0.2, 0.25) is 0 Å². The number of carbonyl (C=O) groups is 1. The summed E-state index contributed by atoms with van der Waals surface area (Å²) in [7, 11) is 0. The highest BCUT2D eigenvalue weighted by Gasteiger charge is 2.22. The zero-order valence-electron chi connectivity index (χ0n) is 14.4. The molecule has 2 amide bonds. The van der Waals surface area contributed by atoms with Crippen LogP contribution in [0.15, 0.2) is 36.7 Å². The predicted octanol–water partition coefficient (Wildman–Crippen LogP) is 3.05.